The van der Waals surface area contributed by atoms with Gasteiger partial charge in [-0.05, 0) is 18.8 Å². The molecule has 0 aliphatic heterocycles. The molecule has 0 saturated heterocycles. The van der Waals surface area contributed by atoms with Crippen LogP contribution in [0.2, 0.25) is 0 Å². The minimum Gasteiger partial charge on any atom is -0.384 e. The van der Waals surface area contributed by atoms with Crippen LogP contribution in [0.3, 0.4) is 0 Å². The number of rotatable bonds is 4. The van der Waals surface area contributed by atoms with Gasteiger partial charge in [-0.25, -0.2) is 0 Å². The predicted molar refractivity (Wildman–Crippen MR) is 89.7 cm³/mol. The van der Waals surface area contributed by atoms with Crippen molar-refractivity contribution in [1.82, 2.24) is 10.2 Å². The van der Waals surface area contributed by atoms with Crippen molar-refractivity contribution in [3.8, 4) is 0 Å². The van der Waals surface area contributed by atoms with Crippen molar-refractivity contribution in [3.63, 3.8) is 0 Å². The second-order valence-electron chi connectivity index (χ2n) is 6.95. The van der Waals surface area contributed by atoms with E-state index in [0.717, 1.165) is 0 Å². The molecule has 0 aromatic rings. The van der Waals surface area contributed by atoms with Gasteiger partial charge in [-0.1, -0.05) is 65.2 Å². The number of nitrogens with zero attached hydrogens (tertiary/aromatic N) is 1. The second kappa shape index (κ2) is 10.1. The lowest BCUT2D eigenvalue weighted by atomic mass is 10.0. The molecular formula is C18H36N2. The molecule has 0 spiro atoms. The largest absolute Gasteiger partial charge is 0.384 e. The van der Waals surface area contributed by atoms with Crippen molar-refractivity contribution in [3.05, 3.63) is 11.9 Å². The highest BCUT2D eigenvalue weighted by Crippen LogP contribution is 2.19. The summed E-state index contributed by atoms with van der Waals surface area (Å²) in [5.74, 6) is 0.579. The van der Waals surface area contributed by atoms with E-state index in [0.29, 0.717) is 12.0 Å². The van der Waals surface area contributed by atoms with Crippen LogP contribution in [-0.2, 0) is 0 Å². The third-order valence-electron chi connectivity index (χ3n) is 4.25. The van der Waals surface area contributed by atoms with Gasteiger partial charge in [0, 0.05) is 32.0 Å². The Labute approximate surface area is 127 Å². The SMILES string of the molecule is CC(C)/C(=C\N(C)C)NC1CCCCCCCCCC1. The molecule has 2 nitrogen and oxygen atoms in total. The molecule has 20 heavy (non-hydrogen) atoms. The minimum absolute atomic E-state index is 0.579. The fourth-order valence-corrected chi connectivity index (χ4v) is 3.00. The smallest absolute Gasteiger partial charge is 0.0296 e. The van der Waals surface area contributed by atoms with Gasteiger partial charge in [0.1, 0.15) is 0 Å². The second-order valence-corrected chi connectivity index (χ2v) is 6.95. The van der Waals surface area contributed by atoms with Crippen LogP contribution >= 0.6 is 0 Å². The standard InChI is InChI=1S/C18H36N2/c1-16(2)18(15-20(3)4)19-17-13-11-9-7-5-6-8-10-12-14-17/h15-17,19H,5-14H2,1-4H3/b18-15+. The fraction of sp³-hybridized carbons (Fsp3) is 0.889. The number of hydrogen-bond acceptors (Lipinski definition) is 2. The highest BCUT2D eigenvalue weighted by atomic mass is 15.1. The van der Waals surface area contributed by atoms with Crippen LogP contribution in [0.1, 0.15) is 78.1 Å². The Hall–Kier alpha value is -0.660. The molecule has 1 aliphatic rings. The van der Waals surface area contributed by atoms with Crippen LogP contribution in [0.4, 0.5) is 0 Å². The van der Waals surface area contributed by atoms with Gasteiger partial charge in [-0.15, -0.1) is 0 Å². The van der Waals surface area contributed by atoms with Crippen LogP contribution in [0.25, 0.3) is 0 Å². The summed E-state index contributed by atoms with van der Waals surface area (Å²) in [5.41, 5.74) is 1.40. The summed E-state index contributed by atoms with van der Waals surface area (Å²) in [6, 6.07) is 0.682. The Morgan fingerprint density at radius 3 is 1.75 bits per heavy atom. The molecule has 0 radical (unpaired) electrons. The van der Waals surface area contributed by atoms with Crippen LogP contribution in [-0.4, -0.2) is 25.0 Å². The summed E-state index contributed by atoms with van der Waals surface area (Å²) >= 11 is 0. The van der Waals surface area contributed by atoms with Gasteiger partial charge in [0.2, 0.25) is 0 Å². The van der Waals surface area contributed by atoms with Gasteiger partial charge in [0.05, 0.1) is 0 Å². The Balaban J connectivity index is 2.54. The summed E-state index contributed by atoms with van der Waals surface area (Å²) in [4.78, 5) is 2.16. The van der Waals surface area contributed by atoms with E-state index in [-0.39, 0.29) is 0 Å². The molecule has 0 heterocycles. The molecule has 1 aliphatic carbocycles. The topological polar surface area (TPSA) is 15.3 Å². The van der Waals surface area contributed by atoms with Crippen molar-refractivity contribution >= 4 is 0 Å². The maximum Gasteiger partial charge on any atom is 0.0296 e. The van der Waals surface area contributed by atoms with Crippen LogP contribution in [0.5, 0.6) is 0 Å². The van der Waals surface area contributed by atoms with E-state index in [9.17, 15) is 0 Å². The van der Waals surface area contributed by atoms with Crippen LogP contribution in [0, 0.1) is 5.92 Å². The number of hydrogen-bond donors (Lipinski definition) is 1. The van der Waals surface area contributed by atoms with Crippen molar-refractivity contribution < 1.29 is 0 Å². The summed E-state index contributed by atoms with van der Waals surface area (Å²) < 4.78 is 0. The first-order valence-corrected chi connectivity index (χ1v) is 8.74. The van der Waals surface area contributed by atoms with E-state index in [2.05, 4.69) is 44.4 Å². The average Bonchev–Trinajstić information content (AvgIpc) is 2.43. The molecule has 1 fully saturated rings. The maximum atomic E-state index is 3.84. The first kappa shape index (κ1) is 17.4. The van der Waals surface area contributed by atoms with Crippen molar-refractivity contribution in [2.45, 2.75) is 84.1 Å². The molecule has 118 valence electrons. The van der Waals surface area contributed by atoms with E-state index in [4.69, 9.17) is 0 Å². The van der Waals surface area contributed by atoms with E-state index >= 15 is 0 Å². The Morgan fingerprint density at radius 2 is 1.35 bits per heavy atom. The Bertz CT molecular complexity index is 257. The fourth-order valence-electron chi connectivity index (χ4n) is 3.00. The third-order valence-corrected chi connectivity index (χ3v) is 4.25. The summed E-state index contributed by atoms with van der Waals surface area (Å²) in [6.45, 7) is 4.57. The van der Waals surface area contributed by atoms with E-state index < -0.39 is 0 Å². The van der Waals surface area contributed by atoms with E-state index in [1.807, 2.05) is 0 Å². The van der Waals surface area contributed by atoms with E-state index in [1.165, 1.54) is 69.9 Å². The highest BCUT2D eigenvalue weighted by molar-refractivity contribution is 5.03. The Morgan fingerprint density at radius 1 is 0.900 bits per heavy atom. The maximum absolute atomic E-state index is 3.84. The monoisotopic (exact) mass is 280 g/mol. The molecule has 0 unspecified atom stereocenters. The highest BCUT2D eigenvalue weighted by Gasteiger charge is 2.13. The quantitative estimate of drug-likeness (QED) is 0.786. The molecule has 0 atom stereocenters. The lowest BCUT2D eigenvalue weighted by Gasteiger charge is -2.25. The molecule has 1 N–H and O–H groups in total. The first-order valence-electron chi connectivity index (χ1n) is 8.74. The average molecular weight is 280 g/mol. The van der Waals surface area contributed by atoms with Crippen molar-refractivity contribution in [2.75, 3.05) is 14.1 Å². The summed E-state index contributed by atoms with van der Waals surface area (Å²) in [7, 11) is 4.23. The molecule has 0 amide bonds. The van der Waals surface area contributed by atoms with Gasteiger partial charge in [0.25, 0.3) is 0 Å². The van der Waals surface area contributed by atoms with Crippen LogP contribution < -0.4 is 5.32 Å². The zero-order valence-electron chi connectivity index (χ0n) is 14.3. The number of nitrogens with one attached hydrogen (secondary N) is 1. The zero-order valence-corrected chi connectivity index (χ0v) is 14.3. The molecule has 0 aromatic carbocycles. The summed E-state index contributed by atoms with van der Waals surface area (Å²) in [5, 5.41) is 3.84. The molecule has 1 saturated carbocycles. The minimum atomic E-state index is 0.579. The van der Waals surface area contributed by atoms with E-state index in [1.54, 1.807) is 0 Å². The zero-order chi connectivity index (χ0) is 14.8. The van der Waals surface area contributed by atoms with Crippen molar-refractivity contribution in [1.29, 1.82) is 0 Å². The summed E-state index contributed by atoms with van der Waals surface area (Å²) in [6.07, 6.45) is 16.4. The lowest BCUT2D eigenvalue weighted by molar-refractivity contribution is 0.425. The van der Waals surface area contributed by atoms with Gasteiger partial charge in [0.15, 0.2) is 0 Å². The van der Waals surface area contributed by atoms with Gasteiger partial charge in [-0.2, -0.15) is 0 Å². The van der Waals surface area contributed by atoms with Gasteiger partial charge < -0.3 is 10.2 Å². The van der Waals surface area contributed by atoms with Gasteiger partial charge in [-0.3, -0.25) is 0 Å². The predicted octanol–water partition coefficient (Wildman–Crippen LogP) is 4.92. The number of allylic oxidation sites excluding steroid dienone is 1. The van der Waals surface area contributed by atoms with Crippen molar-refractivity contribution in [2.24, 2.45) is 5.92 Å². The van der Waals surface area contributed by atoms with Crippen LogP contribution in [0.15, 0.2) is 11.9 Å². The third kappa shape index (κ3) is 7.81. The normalized spacial score (nSPS) is 20.6. The first-order chi connectivity index (χ1) is 9.59. The van der Waals surface area contributed by atoms with Gasteiger partial charge >= 0.3 is 0 Å². The molecular weight excluding hydrogens is 244 g/mol. The molecule has 0 bridgehead atoms. The molecule has 1 rings (SSSR count). The molecule has 2 heteroatoms. The lowest BCUT2D eigenvalue weighted by Crippen LogP contribution is -2.31. The molecule has 0 aromatic heterocycles. The Kier molecular flexibility index (Phi) is 8.80.